The van der Waals surface area contributed by atoms with Gasteiger partial charge in [0.05, 0.1) is 11.1 Å². The summed E-state index contributed by atoms with van der Waals surface area (Å²) in [6, 6.07) is 14.9. The van der Waals surface area contributed by atoms with E-state index in [1.807, 2.05) is 36.4 Å². The van der Waals surface area contributed by atoms with E-state index in [0.29, 0.717) is 5.01 Å². The van der Waals surface area contributed by atoms with Crippen LogP contribution in [0.2, 0.25) is 0 Å². The van der Waals surface area contributed by atoms with Crippen LogP contribution in [0.3, 0.4) is 0 Å². The molecule has 0 aliphatic heterocycles. The Bertz CT molecular complexity index is 965. The second-order valence-corrected chi connectivity index (χ2v) is 8.43. The van der Waals surface area contributed by atoms with E-state index in [-0.39, 0.29) is 52.9 Å². The third kappa shape index (κ3) is 5.57. The predicted octanol–water partition coefficient (Wildman–Crippen LogP) is 4.41. The van der Waals surface area contributed by atoms with E-state index in [0.717, 1.165) is 28.2 Å². The maximum atomic E-state index is 12.9. The van der Waals surface area contributed by atoms with Gasteiger partial charge in [0.1, 0.15) is 9.22 Å². The average Bonchev–Trinajstić information content (AvgIpc) is 3.12. The Labute approximate surface area is 181 Å². The molecule has 0 amide bonds. The first-order chi connectivity index (χ1) is 11.5. The molecular formula is C17H20Cl3N3O2S2. The zero-order valence-electron chi connectivity index (χ0n) is 14.3. The predicted molar refractivity (Wildman–Crippen MR) is 119 cm³/mol. The fourth-order valence-corrected chi connectivity index (χ4v) is 4.85. The molecule has 0 spiro atoms. The van der Waals surface area contributed by atoms with E-state index in [1.54, 1.807) is 19.2 Å². The number of halogens is 3. The summed E-state index contributed by atoms with van der Waals surface area (Å²) in [7, 11) is -1.87. The molecule has 0 aliphatic rings. The molecule has 1 heterocycles. The molecule has 0 saturated carbocycles. The third-order valence-corrected chi connectivity index (χ3v) is 6.80. The summed E-state index contributed by atoms with van der Waals surface area (Å²) in [6.07, 6.45) is 1.37. The van der Waals surface area contributed by atoms with Crippen molar-refractivity contribution in [3.63, 3.8) is 0 Å². The van der Waals surface area contributed by atoms with Crippen molar-refractivity contribution in [3.8, 4) is 11.1 Å². The average molecular weight is 469 g/mol. The first-order valence-corrected chi connectivity index (χ1v) is 9.62. The van der Waals surface area contributed by atoms with E-state index >= 15 is 0 Å². The lowest BCUT2D eigenvalue weighted by Crippen LogP contribution is -2.02. The van der Waals surface area contributed by atoms with Crippen molar-refractivity contribution in [2.75, 3.05) is 12.4 Å². The Morgan fingerprint density at radius 3 is 2.26 bits per heavy atom. The summed E-state index contributed by atoms with van der Waals surface area (Å²) in [4.78, 5) is 4.28. The molecule has 0 fully saturated rings. The van der Waals surface area contributed by atoms with Crippen LogP contribution in [0.4, 0.5) is 5.69 Å². The summed E-state index contributed by atoms with van der Waals surface area (Å²) in [6.45, 7) is 0.228. The molecule has 0 unspecified atom stereocenters. The minimum Gasteiger partial charge on any atom is -0.388 e. The van der Waals surface area contributed by atoms with Crippen molar-refractivity contribution >= 4 is 64.1 Å². The van der Waals surface area contributed by atoms with Gasteiger partial charge in [0.25, 0.3) is 0 Å². The van der Waals surface area contributed by atoms with Crippen LogP contribution in [0.1, 0.15) is 5.01 Å². The Hall–Kier alpha value is -1.35. The summed E-state index contributed by atoms with van der Waals surface area (Å²) in [5.41, 5.74) is 8.06. The lowest BCUT2D eigenvalue weighted by molar-refractivity contribution is 0.598. The number of nitrogens with two attached hydrogens (primary N) is 1. The second-order valence-electron chi connectivity index (χ2n) is 5.14. The molecule has 3 aromatic rings. The van der Waals surface area contributed by atoms with Crippen LogP contribution in [0, 0.1) is 0 Å². The van der Waals surface area contributed by atoms with Crippen LogP contribution in [-0.4, -0.2) is 20.4 Å². The van der Waals surface area contributed by atoms with E-state index in [1.165, 1.54) is 6.20 Å². The smallest absolute Gasteiger partial charge is 0.217 e. The molecular weight excluding hydrogens is 449 g/mol. The number of thiazole rings is 1. The molecule has 10 heteroatoms. The number of anilines is 1. The second kappa shape index (κ2) is 10.8. The molecule has 0 aliphatic carbocycles. The molecule has 5 nitrogen and oxygen atoms in total. The summed E-state index contributed by atoms with van der Waals surface area (Å²) >= 11 is 1.11. The fraction of sp³-hybridized carbons (Fsp3) is 0.118. The van der Waals surface area contributed by atoms with Crippen molar-refractivity contribution < 1.29 is 8.42 Å². The number of aromatic nitrogens is 1. The first-order valence-electron chi connectivity index (χ1n) is 7.32. The number of sulfone groups is 1. The van der Waals surface area contributed by atoms with Crippen molar-refractivity contribution in [3.05, 3.63) is 59.7 Å². The highest BCUT2D eigenvalue weighted by Crippen LogP contribution is 2.32. The highest BCUT2D eigenvalue weighted by molar-refractivity contribution is 7.93. The van der Waals surface area contributed by atoms with Gasteiger partial charge in [-0.15, -0.1) is 48.6 Å². The van der Waals surface area contributed by atoms with Gasteiger partial charge in [0.15, 0.2) is 0 Å². The largest absolute Gasteiger partial charge is 0.388 e. The highest BCUT2D eigenvalue weighted by Gasteiger charge is 2.22. The van der Waals surface area contributed by atoms with Crippen LogP contribution in [0.5, 0.6) is 0 Å². The van der Waals surface area contributed by atoms with Crippen molar-refractivity contribution in [2.45, 2.75) is 15.6 Å². The van der Waals surface area contributed by atoms with Gasteiger partial charge in [-0.2, -0.15) is 0 Å². The quantitative estimate of drug-likeness (QED) is 0.579. The van der Waals surface area contributed by atoms with Gasteiger partial charge in [0.2, 0.25) is 9.84 Å². The van der Waals surface area contributed by atoms with Crippen molar-refractivity contribution in [2.24, 2.45) is 5.73 Å². The monoisotopic (exact) mass is 467 g/mol. The Morgan fingerprint density at radius 1 is 1.04 bits per heavy atom. The molecule has 27 heavy (non-hydrogen) atoms. The van der Waals surface area contributed by atoms with E-state index in [2.05, 4.69) is 10.3 Å². The number of hydrogen-bond acceptors (Lipinski definition) is 6. The maximum Gasteiger partial charge on any atom is 0.217 e. The van der Waals surface area contributed by atoms with Gasteiger partial charge >= 0.3 is 0 Å². The minimum absolute atomic E-state index is 0. The molecule has 1 aromatic heterocycles. The zero-order valence-corrected chi connectivity index (χ0v) is 18.4. The van der Waals surface area contributed by atoms with Gasteiger partial charge in [-0.05, 0) is 29.3 Å². The van der Waals surface area contributed by atoms with Crippen LogP contribution >= 0.6 is 48.6 Å². The lowest BCUT2D eigenvalue weighted by atomic mass is 10.1. The summed E-state index contributed by atoms with van der Waals surface area (Å²) in [5.74, 6) is 0. The molecule has 0 atom stereocenters. The van der Waals surface area contributed by atoms with Gasteiger partial charge < -0.3 is 11.1 Å². The summed E-state index contributed by atoms with van der Waals surface area (Å²) in [5, 5.41) is 3.62. The van der Waals surface area contributed by atoms with Gasteiger partial charge in [-0.1, -0.05) is 30.3 Å². The third-order valence-electron chi connectivity index (χ3n) is 3.58. The molecule has 2 aromatic carbocycles. The molecule has 3 N–H and O–H groups in total. The van der Waals surface area contributed by atoms with E-state index in [4.69, 9.17) is 5.73 Å². The Balaban J connectivity index is 0.00000225. The van der Waals surface area contributed by atoms with E-state index in [9.17, 15) is 8.42 Å². The number of nitrogens with zero attached hydrogens (tertiary/aromatic N) is 1. The lowest BCUT2D eigenvalue weighted by Gasteiger charge is -2.10. The van der Waals surface area contributed by atoms with Crippen LogP contribution in [-0.2, 0) is 16.4 Å². The van der Waals surface area contributed by atoms with Gasteiger partial charge in [0, 0.05) is 19.3 Å². The van der Waals surface area contributed by atoms with E-state index < -0.39 is 9.84 Å². The van der Waals surface area contributed by atoms with Gasteiger partial charge in [-0.3, -0.25) is 0 Å². The summed E-state index contributed by atoms with van der Waals surface area (Å²) < 4.78 is 26.0. The van der Waals surface area contributed by atoms with Crippen LogP contribution in [0.25, 0.3) is 11.1 Å². The molecule has 0 radical (unpaired) electrons. The number of rotatable bonds is 5. The van der Waals surface area contributed by atoms with Crippen molar-refractivity contribution in [1.82, 2.24) is 4.98 Å². The van der Waals surface area contributed by atoms with Crippen molar-refractivity contribution in [1.29, 1.82) is 0 Å². The molecule has 3 rings (SSSR count). The minimum atomic E-state index is -3.63. The molecule has 148 valence electrons. The number of benzene rings is 2. The normalized spacial score (nSPS) is 10.1. The standard InChI is InChI=1S/C17H17N3O2S2.3ClH/c1-19-14-7-13(12-5-3-2-4-6-12)8-15(9-14)24(21,22)17-11-20-16(10-18)23-17;;;/h2-9,11,19H,10,18H2,1H3;3*1H. The zero-order chi connectivity index (χ0) is 17.2. The highest BCUT2D eigenvalue weighted by atomic mass is 35.5. The number of hydrogen-bond donors (Lipinski definition) is 2. The molecule has 0 saturated heterocycles. The van der Waals surface area contributed by atoms with Gasteiger partial charge in [-0.25, -0.2) is 13.4 Å². The maximum absolute atomic E-state index is 12.9. The van der Waals surface area contributed by atoms with Crippen LogP contribution < -0.4 is 11.1 Å². The Morgan fingerprint density at radius 2 is 1.70 bits per heavy atom. The SMILES string of the molecule is CNc1cc(-c2ccccc2)cc(S(=O)(=O)c2cnc(CN)s2)c1.Cl.Cl.Cl. The number of nitrogens with one attached hydrogen (secondary N) is 1. The topological polar surface area (TPSA) is 85.1 Å². The fourth-order valence-electron chi connectivity index (χ4n) is 2.32. The van der Waals surface area contributed by atoms with Crippen LogP contribution in [0.15, 0.2) is 63.8 Å². The molecule has 0 bridgehead atoms. The first kappa shape index (κ1) is 25.7. The Kier molecular flexibility index (Phi) is 10.3.